The SMILES string of the molecule is CC1=C2N=C(C=C3N/C(=C(/C)C4=N[C@@](C)([C@H]5N=C1[C@](C)(CCC(=O)NC[C@@H](C)OP(=O)(O)O[C@@H]1[C@@H](O)[C@@H](n6cnc7cc(C)c(C)cc76)O[C@H]1CO)[C@H]5CC(N)=O)[C@@](C)(CC(N)=O)[C@@H]4CCC(N)=O)[C@@](C)(CC(N)=O)[C@@H]3CCC(N)=O)C(C)(C)[C@@H]2CCC(N)=O. The highest BCUT2D eigenvalue weighted by Gasteiger charge is 2.66. The molecule has 492 valence electrons. The first-order valence-corrected chi connectivity index (χ1v) is 32.1. The number of fused-ring (bicyclic) bond motifs is 7. The monoisotopic (exact) mass is 1270 g/mol. The minimum atomic E-state index is -5.07. The van der Waals surface area contributed by atoms with Gasteiger partial charge in [-0.2, -0.15) is 0 Å². The number of carbonyl (C=O) groups is 7. The molecule has 1 aromatic heterocycles. The molecular formula is C62H90N13O14P. The first kappa shape index (κ1) is 68.9. The Morgan fingerprint density at radius 3 is 1.99 bits per heavy atom. The maximum absolute atomic E-state index is 14.4. The molecule has 1 aromatic carbocycles. The first-order valence-electron chi connectivity index (χ1n) is 30.6. The molecule has 27 nitrogen and oxygen atoms in total. The summed E-state index contributed by atoms with van der Waals surface area (Å²) in [7, 11) is -5.07. The van der Waals surface area contributed by atoms with Gasteiger partial charge in [0.15, 0.2) is 6.23 Å². The average Bonchev–Trinajstić information content (AvgIpc) is 1.53. The normalized spacial score (nSPS) is 32.8. The van der Waals surface area contributed by atoms with E-state index in [1.807, 2.05) is 87.4 Å². The lowest BCUT2D eigenvalue weighted by molar-refractivity contribution is -0.124. The number of aliphatic hydroxyl groups is 2. The second-order valence-corrected chi connectivity index (χ2v) is 28.4. The highest BCUT2D eigenvalue weighted by Crippen LogP contribution is 2.63. The smallest absolute Gasteiger partial charge is 0.394 e. The number of benzene rings is 1. The van der Waals surface area contributed by atoms with Gasteiger partial charge in [0.25, 0.3) is 0 Å². The number of phosphoric ester groups is 1. The van der Waals surface area contributed by atoms with Crippen molar-refractivity contribution in [1.82, 2.24) is 20.2 Å². The summed E-state index contributed by atoms with van der Waals surface area (Å²) in [6, 6.07) is 2.70. The van der Waals surface area contributed by atoms with Gasteiger partial charge in [-0.1, -0.05) is 34.6 Å². The summed E-state index contributed by atoms with van der Waals surface area (Å²) in [5.41, 5.74) is 37.4. The van der Waals surface area contributed by atoms with Crippen molar-refractivity contribution in [1.29, 1.82) is 0 Å². The van der Waals surface area contributed by atoms with Gasteiger partial charge in [-0.15, -0.1) is 0 Å². The summed E-state index contributed by atoms with van der Waals surface area (Å²) in [5, 5.41) is 28.2. The van der Waals surface area contributed by atoms with E-state index in [1.54, 1.807) is 4.57 Å². The van der Waals surface area contributed by atoms with Crippen LogP contribution in [0.4, 0.5) is 0 Å². The van der Waals surface area contributed by atoms with Gasteiger partial charge in [-0.3, -0.25) is 57.6 Å². The van der Waals surface area contributed by atoms with Crippen molar-refractivity contribution in [2.24, 2.45) is 94.7 Å². The minimum Gasteiger partial charge on any atom is -0.394 e. The molecule has 0 aliphatic carbocycles. The van der Waals surface area contributed by atoms with Crippen molar-refractivity contribution < 1.29 is 67.0 Å². The van der Waals surface area contributed by atoms with Crippen molar-refractivity contribution >= 4 is 77.3 Å². The number of hydrogen-bond acceptors (Lipinski definition) is 18. The zero-order chi connectivity index (χ0) is 66.7. The van der Waals surface area contributed by atoms with Crippen molar-refractivity contribution in [3.8, 4) is 0 Å². The van der Waals surface area contributed by atoms with Crippen LogP contribution >= 0.6 is 7.82 Å². The van der Waals surface area contributed by atoms with Crippen molar-refractivity contribution in [3.05, 3.63) is 63.9 Å². The van der Waals surface area contributed by atoms with Crippen LogP contribution in [0.25, 0.3) is 11.0 Å². The molecule has 8 rings (SSSR count). The zero-order valence-electron chi connectivity index (χ0n) is 53.3. The number of aromatic nitrogens is 2. The number of aryl methyl sites for hydroxylation is 2. The van der Waals surface area contributed by atoms with E-state index in [0.717, 1.165) is 11.1 Å². The third kappa shape index (κ3) is 13.0. The standard InChI is InChI=1S/C62H90N13O14P/c1-29-20-39-40(21-30(29)2)75(28-70-39)57-52(84)53(41(27-76)87-57)89-90(85,86)88-31(3)26-69-49(83)18-19-59(8)37(22-46(66)80)56-62(11)61(10,25-48(68)82)36(14-17-45(65)79)51(74-62)33(5)55-60(9,24-47(67)81)34(12-15-43(63)77)38(71-55)23-42-58(6,7)35(13-16-44(64)78)50(72-42)32(4)54(59)73-56/h20-21,23,28,31,34-37,41,52-53,56-57,71,76,84H,12-19,22,24-27H2,1-11H3,(H2,63,77)(H2,64,78)(H2,65,79)(H2,66,80)(H2,67,81)(H2,68,82)(H,69,83)(H,85,86)/b38-23?,50-32?,55-33-/t31-,34-,35-,36-,37+,41+,52-,53+,56+,57+,59-,60+,61+,62+/m1/s1. The number of allylic oxidation sites excluding steroid dienone is 6. The van der Waals surface area contributed by atoms with Crippen molar-refractivity contribution in [3.63, 3.8) is 0 Å². The Kier molecular flexibility index (Phi) is 19.6. The van der Waals surface area contributed by atoms with Crippen LogP contribution in [-0.4, -0.2) is 132 Å². The molecule has 2 aromatic rings. The fraction of sp³-hybridized carbons (Fsp3) is 0.629. The van der Waals surface area contributed by atoms with Crippen LogP contribution in [0, 0.1) is 59.2 Å². The number of rotatable bonds is 26. The molecule has 0 spiro atoms. The molecule has 2 fully saturated rings. The number of aliphatic imine (C=N–C) groups is 3. The maximum atomic E-state index is 14.4. The summed E-state index contributed by atoms with van der Waals surface area (Å²) >= 11 is 0. The van der Waals surface area contributed by atoms with E-state index in [0.29, 0.717) is 56.4 Å². The Bertz CT molecular complexity index is 3540. The fourth-order valence-corrected chi connectivity index (χ4v) is 16.6. The van der Waals surface area contributed by atoms with E-state index < -0.39 is 143 Å². The van der Waals surface area contributed by atoms with Gasteiger partial charge in [0.2, 0.25) is 41.4 Å². The zero-order valence-corrected chi connectivity index (χ0v) is 54.1. The predicted molar refractivity (Wildman–Crippen MR) is 334 cm³/mol. The number of imidazole rings is 1. The Morgan fingerprint density at radius 1 is 0.800 bits per heavy atom. The highest BCUT2D eigenvalue weighted by atomic mass is 31.2. The molecule has 7 amide bonds. The molecule has 1 unspecified atom stereocenters. The number of nitrogens with zero attached hydrogens (tertiary/aromatic N) is 5. The quantitative estimate of drug-likeness (QED) is 0.0603. The summed E-state index contributed by atoms with van der Waals surface area (Å²) in [6.07, 6.45) is -4.26. The lowest BCUT2D eigenvalue weighted by Crippen LogP contribution is -2.56. The van der Waals surface area contributed by atoms with Crippen LogP contribution in [0.15, 0.2) is 67.8 Å². The molecule has 15 atom stereocenters. The Morgan fingerprint density at radius 2 is 1.40 bits per heavy atom. The van der Waals surface area contributed by atoms with E-state index in [2.05, 4.69) is 15.6 Å². The van der Waals surface area contributed by atoms with E-state index in [1.165, 1.54) is 13.3 Å². The number of ether oxygens (including phenoxy) is 1. The van der Waals surface area contributed by atoms with Crippen LogP contribution in [0.5, 0.6) is 0 Å². The van der Waals surface area contributed by atoms with E-state index in [9.17, 15) is 53.2 Å². The number of carbonyl (C=O) groups excluding carboxylic acids is 7. The van der Waals surface area contributed by atoms with Crippen LogP contribution in [0.3, 0.4) is 0 Å². The lowest BCUT2D eigenvalue weighted by Gasteiger charge is -2.48. The molecule has 6 aliphatic rings. The van der Waals surface area contributed by atoms with E-state index in [4.69, 9.17) is 63.2 Å². The number of phosphoric acid groups is 1. The molecule has 2 saturated heterocycles. The second kappa shape index (κ2) is 25.6. The van der Waals surface area contributed by atoms with Crippen molar-refractivity contribution in [2.45, 2.75) is 189 Å². The number of hydrogen-bond donors (Lipinski definition) is 11. The molecule has 28 heteroatoms. The average molecular weight is 1270 g/mol. The Labute approximate surface area is 523 Å². The largest absolute Gasteiger partial charge is 0.472 e. The number of nitrogens with one attached hydrogen (secondary N) is 2. The first-order chi connectivity index (χ1) is 41.8. The molecule has 8 bridgehead atoms. The topological polar surface area (TPSA) is 460 Å². The van der Waals surface area contributed by atoms with Gasteiger partial charge >= 0.3 is 7.82 Å². The molecule has 90 heavy (non-hydrogen) atoms. The number of amides is 7. The number of nitrogens with two attached hydrogens (primary N) is 6. The van der Waals surface area contributed by atoms with Gasteiger partial charge in [0, 0.05) is 131 Å². The van der Waals surface area contributed by atoms with E-state index >= 15 is 0 Å². The van der Waals surface area contributed by atoms with Gasteiger partial charge < -0.3 is 69.4 Å². The Hall–Kier alpha value is -7.00. The minimum absolute atomic E-state index is 0.0114. The molecule has 0 saturated carbocycles. The molecular weight excluding hydrogens is 1180 g/mol. The van der Waals surface area contributed by atoms with Gasteiger partial charge in [-0.25, -0.2) is 9.55 Å². The van der Waals surface area contributed by atoms with Crippen LogP contribution < -0.4 is 45.0 Å². The summed E-state index contributed by atoms with van der Waals surface area (Å²) in [5.74, 6) is -7.18. The third-order valence-electron chi connectivity index (χ3n) is 20.6. The summed E-state index contributed by atoms with van der Waals surface area (Å²) < 4.78 is 32.3. The van der Waals surface area contributed by atoms with Gasteiger partial charge in [-0.05, 0) is 108 Å². The van der Waals surface area contributed by atoms with Gasteiger partial charge in [0.1, 0.15) is 18.3 Å². The molecule has 7 heterocycles. The number of primary amides is 6. The number of aliphatic hydroxyl groups excluding tert-OH is 2. The van der Waals surface area contributed by atoms with Crippen molar-refractivity contribution in [2.75, 3.05) is 13.2 Å². The third-order valence-corrected chi connectivity index (χ3v) is 21.7. The summed E-state index contributed by atoms with van der Waals surface area (Å²) in [6.45, 7) is 19.3. The molecule has 17 N–H and O–H groups in total. The molecule has 0 radical (unpaired) electrons. The second-order valence-electron chi connectivity index (χ2n) is 27.1. The maximum Gasteiger partial charge on any atom is 0.472 e. The van der Waals surface area contributed by atoms with Crippen LogP contribution in [-0.2, 0) is 51.9 Å². The Balaban J connectivity index is 1.19. The van der Waals surface area contributed by atoms with Crippen LogP contribution in [0.2, 0.25) is 0 Å². The predicted octanol–water partition coefficient (Wildman–Crippen LogP) is 3.16. The van der Waals surface area contributed by atoms with Gasteiger partial charge in [0.05, 0.1) is 41.7 Å². The summed E-state index contributed by atoms with van der Waals surface area (Å²) in [4.78, 5) is 126. The fourth-order valence-electron chi connectivity index (χ4n) is 15.4. The van der Waals surface area contributed by atoms with Crippen LogP contribution in [0.1, 0.15) is 150 Å². The molecule has 6 aliphatic heterocycles. The lowest BCUT2D eigenvalue weighted by atomic mass is 9.55. The van der Waals surface area contributed by atoms with E-state index in [-0.39, 0.29) is 77.2 Å². The highest BCUT2D eigenvalue weighted by molar-refractivity contribution is 7.47.